The number of aryl methyl sites for hydroxylation is 1. The predicted octanol–water partition coefficient (Wildman–Crippen LogP) is 1.95. The van der Waals surface area contributed by atoms with E-state index in [0.717, 1.165) is 43.1 Å². The van der Waals surface area contributed by atoms with Gasteiger partial charge in [0.1, 0.15) is 5.82 Å². The highest BCUT2D eigenvalue weighted by atomic mass is 16.4. The molecule has 0 atom stereocenters. The molecular weight excluding hydrogens is 254 g/mol. The number of aromatic nitrogens is 2. The number of carboxylic acids is 1. The number of aromatic carboxylic acids is 1. The molecule has 0 aliphatic carbocycles. The van der Waals surface area contributed by atoms with Crippen molar-refractivity contribution in [3.8, 4) is 0 Å². The van der Waals surface area contributed by atoms with E-state index < -0.39 is 5.97 Å². The molecule has 0 saturated carbocycles. The third kappa shape index (κ3) is 2.27. The van der Waals surface area contributed by atoms with Crippen LogP contribution in [0.3, 0.4) is 0 Å². The Bertz CT molecular complexity index is 648. The molecule has 0 amide bonds. The number of fused-ring (bicyclic) bond motifs is 1. The van der Waals surface area contributed by atoms with Gasteiger partial charge in [-0.2, -0.15) is 0 Å². The second-order valence-electron chi connectivity index (χ2n) is 5.05. The van der Waals surface area contributed by atoms with Gasteiger partial charge in [0.05, 0.1) is 5.56 Å². The maximum Gasteiger partial charge on any atom is 0.335 e. The maximum atomic E-state index is 11.0. The van der Waals surface area contributed by atoms with Crippen molar-refractivity contribution in [3.63, 3.8) is 0 Å². The Kier molecular flexibility index (Phi) is 3.18. The van der Waals surface area contributed by atoms with Crippen molar-refractivity contribution < 1.29 is 9.90 Å². The van der Waals surface area contributed by atoms with Crippen molar-refractivity contribution in [2.45, 2.75) is 19.9 Å². The Hall–Kier alpha value is -2.30. The average Bonchev–Trinajstić information content (AvgIpc) is 3.02. The monoisotopic (exact) mass is 271 g/mol. The van der Waals surface area contributed by atoms with Crippen LogP contribution in [0.15, 0.2) is 30.6 Å². The molecule has 5 nitrogen and oxygen atoms in total. The lowest BCUT2D eigenvalue weighted by Gasteiger charge is -2.20. The minimum absolute atomic E-state index is 0.371. The molecule has 0 saturated heterocycles. The second kappa shape index (κ2) is 5.00. The topological polar surface area (TPSA) is 58.4 Å². The molecule has 2 heterocycles. The fourth-order valence-electron chi connectivity index (χ4n) is 2.70. The number of hydrogen-bond donors (Lipinski definition) is 1. The SMILES string of the molecule is Cc1nccn1CCN1CCc2cc(C(=O)O)ccc21. The quantitative estimate of drug-likeness (QED) is 0.923. The van der Waals surface area contributed by atoms with Crippen LogP contribution in [0, 0.1) is 6.92 Å². The van der Waals surface area contributed by atoms with Crippen LogP contribution < -0.4 is 4.90 Å². The van der Waals surface area contributed by atoms with E-state index in [4.69, 9.17) is 5.11 Å². The summed E-state index contributed by atoms with van der Waals surface area (Å²) in [6.45, 7) is 4.76. The first-order chi connectivity index (χ1) is 9.65. The van der Waals surface area contributed by atoms with Gasteiger partial charge in [-0.3, -0.25) is 0 Å². The number of anilines is 1. The summed E-state index contributed by atoms with van der Waals surface area (Å²) in [7, 11) is 0. The van der Waals surface area contributed by atoms with E-state index in [1.54, 1.807) is 12.1 Å². The summed E-state index contributed by atoms with van der Waals surface area (Å²) < 4.78 is 2.13. The van der Waals surface area contributed by atoms with E-state index in [9.17, 15) is 4.79 Å². The summed E-state index contributed by atoms with van der Waals surface area (Å²) in [5, 5.41) is 9.02. The molecule has 0 spiro atoms. The molecule has 1 N–H and O–H groups in total. The Morgan fingerprint density at radius 2 is 2.25 bits per heavy atom. The molecule has 5 heteroatoms. The maximum absolute atomic E-state index is 11.0. The molecule has 1 aliphatic heterocycles. The van der Waals surface area contributed by atoms with E-state index in [0.29, 0.717) is 5.56 Å². The van der Waals surface area contributed by atoms with Crippen LogP contribution in [0.5, 0.6) is 0 Å². The van der Waals surface area contributed by atoms with Crippen LogP contribution in [0.2, 0.25) is 0 Å². The molecular formula is C15H17N3O2. The summed E-state index contributed by atoms with van der Waals surface area (Å²) in [4.78, 5) is 17.5. The van der Waals surface area contributed by atoms with Gasteiger partial charge in [0, 0.05) is 37.7 Å². The minimum atomic E-state index is -0.861. The highest BCUT2D eigenvalue weighted by molar-refractivity contribution is 5.88. The van der Waals surface area contributed by atoms with Gasteiger partial charge in [0.2, 0.25) is 0 Å². The van der Waals surface area contributed by atoms with Gasteiger partial charge < -0.3 is 14.6 Å². The van der Waals surface area contributed by atoms with Crippen LogP contribution in [0.1, 0.15) is 21.7 Å². The number of carbonyl (C=O) groups is 1. The van der Waals surface area contributed by atoms with Crippen molar-refractivity contribution >= 4 is 11.7 Å². The summed E-state index contributed by atoms with van der Waals surface area (Å²) in [6.07, 6.45) is 4.71. The van der Waals surface area contributed by atoms with Crippen LogP contribution in [0.25, 0.3) is 0 Å². The number of imidazole rings is 1. The largest absolute Gasteiger partial charge is 0.478 e. The van der Waals surface area contributed by atoms with Crippen molar-refractivity contribution in [2.24, 2.45) is 0 Å². The summed E-state index contributed by atoms with van der Waals surface area (Å²) in [5.41, 5.74) is 2.66. The lowest BCUT2D eigenvalue weighted by atomic mass is 10.1. The lowest BCUT2D eigenvalue weighted by molar-refractivity contribution is 0.0697. The zero-order valence-corrected chi connectivity index (χ0v) is 11.4. The van der Waals surface area contributed by atoms with E-state index in [1.165, 1.54) is 0 Å². The molecule has 0 bridgehead atoms. The molecule has 3 rings (SSSR count). The van der Waals surface area contributed by atoms with Crippen molar-refractivity contribution in [1.82, 2.24) is 9.55 Å². The summed E-state index contributed by atoms with van der Waals surface area (Å²) in [5.74, 6) is 0.158. The third-order valence-corrected chi connectivity index (χ3v) is 3.85. The number of benzene rings is 1. The Morgan fingerprint density at radius 3 is 2.95 bits per heavy atom. The van der Waals surface area contributed by atoms with E-state index in [-0.39, 0.29) is 0 Å². The van der Waals surface area contributed by atoms with E-state index in [1.807, 2.05) is 25.4 Å². The van der Waals surface area contributed by atoms with Crippen LogP contribution in [0.4, 0.5) is 5.69 Å². The second-order valence-corrected chi connectivity index (χ2v) is 5.05. The molecule has 1 aliphatic rings. The number of carboxylic acid groups (broad SMARTS) is 1. The molecule has 0 unspecified atom stereocenters. The zero-order valence-electron chi connectivity index (χ0n) is 11.4. The smallest absolute Gasteiger partial charge is 0.335 e. The fraction of sp³-hybridized carbons (Fsp3) is 0.333. The highest BCUT2D eigenvalue weighted by Gasteiger charge is 2.20. The molecule has 2 aromatic rings. The van der Waals surface area contributed by atoms with Crippen molar-refractivity contribution in [2.75, 3.05) is 18.0 Å². The summed E-state index contributed by atoms with van der Waals surface area (Å²) in [6, 6.07) is 5.40. The Balaban J connectivity index is 1.73. The third-order valence-electron chi connectivity index (χ3n) is 3.85. The standard InChI is InChI=1S/C15H17N3O2/c1-11-16-5-7-17(11)8-9-18-6-4-12-10-13(15(19)20)2-3-14(12)18/h2-3,5,7,10H,4,6,8-9H2,1H3,(H,19,20). The first-order valence-corrected chi connectivity index (χ1v) is 6.74. The lowest BCUT2D eigenvalue weighted by Crippen LogP contribution is -2.25. The first kappa shape index (κ1) is 12.7. The predicted molar refractivity (Wildman–Crippen MR) is 76.3 cm³/mol. The summed E-state index contributed by atoms with van der Waals surface area (Å²) >= 11 is 0. The van der Waals surface area contributed by atoms with E-state index in [2.05, 4.69) is 14.5 Å². The minimum Gasteiger partial charge on any atom is -0.478 e. The van der Waals surface area contributed by atoms with Gasteiger partial charge in [0.25, 0.3) is 0 Å². The Morgan fingerprint density at radius 1 is 1.40 bits per heavy atom. The zero-order chi connectivity index (χ0) is 14.1. The molecule has 1 aromatic heterocycles. The van der Waals surface area contributed by atoms with Gasteiger partial charge in [-0.05, 0) is 37.1 Å². The van der Waals surface area contributed by atoms with Crippen LogP contribution >= 0.6 is 0 Å². The fourth-order valence-corrected chi connectivity index (χ4v) is 2.70. The Labute approximate surface area is 117 Å². The molecule has 20 heavy (non-hydrogen) atoms. The number of rotatable bonds is 4. The van der Waals surface area contributed by atoms with Crippen LogP contribution in [-0.2, 0) is 13.0 Å². The van der Waals surface area contributed by atoms with Gasteiger partial charge >= 0.3 is 5.97 Å². The van der Waals surface area contributed by atoms with Crippen molar-refractivity contribution in [1.29, 1.82) is 0 Å². The number of hydrogen-bond acceptors (Lipinski definition) is 3. The van der Waals surface area contributed by atoms with Gasteiger partial charge in [-0.15, -0.1) is 0 Å². The first-order valence-electron chi connectivity index (χ1n) is 6.74. The van der Waals surface area contributed by atoms with E-state index >= 15 is 0 Å². The average molecular weight is 271 g/mol. The molecule has 1 aromatic carbocycles. The number of nitrogens with zero attached hydrogens (tertiary/aromatic N) is 3. The van der Waals surface area contributed by atoms with Crippen molar-refractivity contribution in [3.05, 3.63) is 47.5 Å². The molecule has 0 fully saturated rings. The van der Waals surface area contributed by atoms with Gasteiger partial charge in [-0.1, -0.05) is 0 Å². The van der Waals surface area contributed by atoms with Crippen LogP contribution in [-0.4, -0.2) is 33.7 Å². The molecule has 0 radical (unpaired) electrons. The normalized spacial score (nSPS) is 13.6. The van der Waals surface area contributed by atoms with Gasteiger partial charge in [-0.25, -0.2) is 9.78 Å². The molecule has 104 valence electrons. The highest BCUT2D eigenvalue weighted by Crippen LogP contribution is 2.28. The van der Waals surface area contributed by atoms with Gasteiger partial charge in [0.15, 0.2) is 0 Å².